The molecule has 4 saturated heterocycles. The Kier molecular flexibility index (Phi) is 10.9. The average molecular weight is 792 g/mol. The lowest BCUT2D eigenvalue weighted by Gasteiger charge is -2.58. The number of hydrogen-bond donors (Lipinski definition) is 2. The Morgan fingerprint density at radius 3 is 1.35 bits per heavy atom. The first kappa shape index (κ1) is 38.6. The second-order valence-electron chi connectivity index (χ2n) is 22.0. The molecule has 310 valence electrons. The first-order valence-corrected chi connectivity index (χ1v) is 26.0. The van der Waals surface area contributed by atoms with Crippen LogP contribution in [-0.4, -0.2) is 75.8 Å². The third kappa shape index (κ3) is 6.42. The monoisotopic (exact) mass is 792 g/mol. The van der Waals surface area contributed by atoms with Crippen molar-refractivity contribution in [3.63, 3.8) is 0 Å². The van der Waals surface area contributed by atoms with Gasteiger partial charge in [0.1, 0.15) is 0 Å². The molecule has 7 nitrogen and oxygen atoms in total. The molecule has 8 heteroatoms. The lowest BCUT2D eigenvalue weighted by Crippen LogP contribution is -2.70. The molecule has 0 aromatic heterocycles. The van der Waals surface area contributed by atoms with Crippen LogP contribution in [0.2, 0.25) is 0 Å². The molecule has 4 heterocycles. The molecule has 7 saturated carbocycles. The van der Waals surface area contributed by atoms with Crippen molar-refractivity contribution in [2.75, 3.05) is 13.1 Å². The molecule has 0 aromatic carbocycles. The van der Waals surface area contributed by atoms with Gasteiger partial charge >= 0.3 is 0 Å². The molecule has 0 aromatic rings. The van der Waals surface area contributed by atoms with E-state index in [0.717, 1.165) is 84.1 Å². The summed E-state index contributed by atoms with van der Waals surface area (Å²) in [7, 11) is 0. The number of nitrogens with one attached hydrogen (secondary N) is 2. The van der Waals surface area contributed by atoms with Gasteiger partial charge in [-0.15, -0.1) is 0 Å². The minimum atomic E-state index is -0.206. The molecule has 0 spiro atoms. The van der Waals surface area contributed by atoms with Crippen molar-refractivity contribution in [1.29, 1.82) is 15.8 Å². The Bertz CT molecular complexity index is 1510. The highest BCUT2D eigenvalue weighted by Crippen LogP contribution is 2.63. The number of thioether (sulfide) groups is 1. The number of rotatable bonds is 4. The quantitative estimate of drug-likeness (QED) is 0.291. The zero-order valence-corrected chi connectivity index (χ0v) is 35.8. The van der Waals surface area contributed by atoms with Crippen molar-refractivity contribution in [3.8, 4) is 18.2 Å². The van der Waals surface area contributed by atoms with E-state index in [4.69, 9.17) is 0 Å². The summed E-state index contributed by atoms with van der Waals surface area (Å²) in [5.41, 5.74) is 0. The van der Waals surface area contributed by atoms with Gasteiger partial charge in [0.25, 0.3) is 0 Å². The van der Waals surface area contributed by atoms with Gasteiger partial charge in [0.05, 0.1) is 36.2 Å². The van der Waals surface area contributed by atoms with Gasteiger partial charge in [0.15, 0.2) is 0 Å². The Morgan fingerprint density at radius 2 is 0.877 bits per heavy atom. The van der Waals surface area contributed by atoms with Crippen molar-refractivity contribution in [2.24, 2.45) is 71.0 Å². The molecule has 0 radical (unpaired) electrons. The van der Waals surface area contributed by atoms with Crippen molar-refractivity contribution in [3.05, 3.63) is 0 Å². The fourth-order valence-electron chi connectivity index (χ4n) is 18.1. The standard InChI is InChI=1S/C49H73N7S/c50-24-29-21-30(25-51)45(31(22-29)26-52)32-27-53-49(54-28-32)47-43(56-40-18-8-3-13-35(40)36-14-4-9-19-41(36)56)23-42(46-37-15-5-10-20-44(37)57-48(46)47)55-38-16-6-1-11-33(38)34-12-2-7-17-39(34)55/h29-49,53-54H,1-23,27-28H2. The molecule has 2 N–H and O–H groups in total. The second-order valence-corrected chi connectivity index (χ2v) is 23.4. The van der Waals surface area contributed by atoms with E-state index < -0.39 is 0 Å². The summed E-state index contributed by atoms with van der Waals surface area (Å²) < 4.78 is 0. The van der Waals surface area contributed by atoms with Gasteiger partial charge in [-0.05, 0) is 131 Å². The van der Waals surface area contributed by atoms with Crippen LogP contribution < -0.4 is 10.6 Å². The summed E-state index contributed by atoms with van der Waals surface area (Å²) in [6.45, 7) is 1.80. The predicted molar refractivity (Wildman–Crippen MR) is 226 cm³/mol. The number of hydrogen-bond acceptors (Lipinski definition) is 8. The molecular formula is C49H73N7S. The Hall–Kier alpha value is -1.34. The molecule has 17 unspecified atom stereocenters. The summed E-state index contributed by atoms with van der Waals surface area (Å²) in [5, 5.41) is 40.6. The van der Waals surface area contributed by atoms with Crippen LogP contribution in [0.3, 0.4) is 0 Å². The van der Waals surface area contributed by atoms with Crippen LogP contribution in [0.4, 0.5) is 0 Å². The summed E-state index contributed by atoms with van der Waals surface area (Å²) in [6, 6.07) is 12.3. The molecule has 0 bridgehead atoms. The third-order valence-electron chi connectivity index (χ3n) is 19.9. The molecule has 7 aliphatic carbocycles. The number of likely N-dealkylation sites (tertiary alicyclic amines) is 2. The molecule has 11 fully saturated rings. The van der Waals surface area contributed by atoms with E-state index >= 15 is 0 Å². The first-order chi connectivity index (χ1) is 28.2. The first-order valence-electron chi connectivity index (χ1n) is 25.0. The lowest BCUT2D eigenvalue weighted by atomic mass is 9.62. The largest absolute Gasteiger partial charge is 0.301 e. The van der Waals surface area contributed by atoms with Gasteiger partial charge in [-0.25, -0.2) is 0 Å². The zero-order chi connectivity index (χ0) is 38.2. The van der Waals surface area contributed by atoms with Crippen LogP contribution in [0, 0.1) is 105 Å². The van der Waals surface area contributed by atoms with Gasteiger partial charge in [0, 0.05) is 71.7 Å². The van der Waals surface area contributed by atoms with Gasteiger partial charge in [-0.2, -0.15) is 27.5 Å². The van der Waals surface area contributed by atoms with Crippen molar-refractivity contribution in [1.82, 2.24) is 20.4 Å². The number of fused-ring (bicyclic) bond motifs is 9. The highest BCUT2D eigenvalue weighted by molar-refractivity contribution is 8.00. The Morgan fingerprint density at radius 1 is 0.439 bits per heavy atom. The van der Waals surface area contributed by atoms with Crippen LogP contribution >= 0.6 is 11.8 Å². The van der Waals surface area contributed by atoms with Crippen molar-refractivity contribution < 1.29 is 0 Å². The Balaban J connectivity index is 0.967. The van der Waals surface area contributed by atoms with Crippen LogP contribution in [0.1, 0.15) is 148 Å². The fourth-order valence-corrected chi connectivity index (χ4v) is 20.4. The molecule has 0 amide bonds. The molecule has 17 atom stereocenters. The van der Waals surface area contributed by atoms with Gasteiger partial charge < -0.3 is 10.6 Å². The van der Waals surface area contributed by atoms with Gasteiger partial charge in [0.2, 0.25) is 0 Å². The highest BCUT2D eigenvalue weighted by atomic mass is 32.2. The van der Waals surface area contributed by atoms with Crippen molar-refractivity contribution in [2.45, 2.75) is 201 Å². The maximum atomic E-state index is 10.4. The highest BCUT2D eigenvalue weighted by Gasteiger charge is 2.65. The van der Waals surface area contributed by atoms with E-state index in [9.17, 15) is 15.8 Å². The smallest absolute Gasteiger partial charge is 0.0659 e. The maximum Gasteiger partial charge on any atom is 0.0659 e. The van der Waals surface area contributed by atoms with E-state index in [0.29, 0.717) is 30.1 Å². The van der Waals surface area contributed by atoms with Gasteiger partial charge in [-0.3, -0.25) is 9.80 Å². The van der Waals surface area contributed by atoms with E-state index in [-0.39, 0.29) is 35.8 Å². The lowest BCUT2D eigenvalue weighted by molar-refractivity contribution is -0.0635. The van der Waals surface area contributed by atoms with E-state index in [1.165, 1.54) is 135 Å². The summed E-state index contributed by atoms with van der Waals surface area (Å²) in [4.78, 5) is 6.76. The average Bonchev–Trinajstić information content (AvgIpc) is 3.94. The summed E-state index contributed by atoms with van der Waals surface area (Å²) in [5.74, 6) is 5.77. The second kappa shape index (κ2) is 16.2. The van der Waals surface area contributed by atoms with E-state index in [1.807, 2.05) is 0 Å². The van der Waals surface area contributed by atoms with Crippen LogP contribution in [-0.2, 0) is 0 Å². The summed E-state index contributed by atoms with van der Waals surface area (Å²) >= 11 is 2.51. The molecular weight excluding hydrogens is 719 g/mol. The van der Waals surface area contributed by atoms with Crippen molar-refractivity contribution >= 4 is 11.8 Å². The van der Waals surface area contributed by atoms with Crippen LogP contribution in [0.5, 0.6) is 0 Å². The fraction of sp³-hybridized carbons (Fsp3) is 0.939. The van der Waals surface area contributed by atoms with E-state index in [1.54, 1.807) is 0 Å². The molecule has 11 aliphatic rings. The number of nitriles is 3. The summed E-state index contributed by atoms with van der Waals surface area (Å²) in [6.07, 6.45) is 32.1. The Labute approximate surface area is 349 Å². The molecule has 11 rings (SSSR count). The minimum absolute atomic E-state index is 0.0418. The van der Waals surface area contributed by atoms with Crippen LogP contribution in [0.25, 0.3) is 0 Å². The van der Waals surface area contributed by atoms with Crippen LogP contribution in [0.15, 0.2) is 0 Å². The van der Waals surface area contributed by atoms with Gasteiger partial charge in [-0.1, -0.05) is 64.2 Å². The SMILES string of the molecule is N#CC1CC(C#N)C(C2CNC(C3C4SC5CCCCC5C4C(N4C5CCCCC5C5CCCCC54)CC3N3C4CCCCC4C4CCCCC43)NC2)C(C#N)C1. The minimum Gasteiger partial charge on any atom is -0.301 e. The van der Waals surface area contributed by atoms with E-state index in [2.05, 4.69) is 50.4 Å². The molecule has 57 heavy (non-hydrogen) atoms. The zero-order valence-electron chi connectivity index (χ0n) is 34.9. The molecule has 4 aliphatic heterocycles. The maximum absolute atomic E-state index is 10.4. The normalized spacial score (nSPS) is 53.7. The number of nitrogens with zero attached hydrogens (tertiary/aromatic N) is 5. The third-order valence-corrected chi connectivity index (χ3v) is 21.8. The predicted octanol–water partition coefficient (Wildman–Crippen LogP) is 8.86. The topological polar surface area (TPSA) is 102 Å².